The van der Waals surface area contributed by atoms with Crippen LogP contribution in [0, 0.1) is 0 Å². The molecule has 0 atom stereocenters. The summed E-state index contributed by atoms with van der Waals surface area (Å²) in [5.41, 5.74) is 1.39. The van der Waals surface area contributed by atoms with Crippen molar-refractivity contribution in [3.05, 3.63) is 54.2 Å². The quantitative estimate of drug-likeness (QED) is 0.736. The van der Waals surface area contributed by atoms with Gasteiger partial charge in [-0.15, -0.1) is 0 Å². The van der Waals surface area contributed by atoms with Gasteiger partial charge in [-0.1, -0.05) is 30.0 Å². The fourth-order valence-corrected chi connectivity index (χ4v) is 3.26. The van der Waals surface area contributed by atoms with E-state index in [-0.39, 0.29) is 5.97 Å². The molecule has 2 aromatic carbocycles. The number of ether oxygens (including phenoxy) is 2. The Labute approximate surface area is 132 Å². The van der Waals surface area contributed by atoms with Crippen molar-refractivity contribution in [1.82, 2.24) is 4.98 Å². The van der Waals surface area contributed by atoms with Gasteiger partial charge in [0.15, 0.2) is 0 Å². The molecular formula is C17H15NO3S. The zero-order chi connectivity index (χ0) is 15.5. The van der Waals surface area contributed by atoms with E-state index in [2.05, 4.69) is 4.98 Å². The Balaban J connectivity index is 2.05. The molecule has 5 heteroatoms. The molecule has 0 unspecified atom stereocenters. The third-order valence-corrected chi connectivity index (χ3v) is 4.46. The molecule has 22 heavy (non-hydrogen) atoms. The first kappa shape index (κ1) is 14.5. The lowest BCUT2D eigenvalue weighted by molar-refractivity contribution is 0.0591. The van der Waals surface area contributed by atoms with E-state index < -0.39 is 0 Å². The van der Waals surface area contributed by atoms with Crippen LogP contribution in [0.4, 0.5) is 0 Å². The number of esters is 1. The highest BCUT2D eigenvalue weighted by molar-refractivity contribution is 7.99. The summed E-state index contributed by atoms with van der Waals surface area (Å²) in [5.74, 6) is 0.434. The number of H-pyrrole nitrogens is 1. The van der Waals surface area contributed by atoms with Gasteiger partial charge in [0.1, 0.15) is 11.4 Å². The van der Waals surface area contributed by atoms with Crippen molar-refractivity contribution in [3.63, 3.8) is 0 Å². The van der Waals surface area contributed by atoms with Crippen LogP contribution in [-0.4, -0.2) is 25.2 Å². The molecule has 112 valence electrons. The summed E-state index contributed by atoms with van der Waals surface area (Å²) in [6, 6.07) is 15.5. The molecule has 0 fully saturated rings. The molecule has 0 saturated heterocycles. The number of rotatable bonds is 4. The van der Waals surface area contributed by atoms with Crippen LogP contribution in [0.2, 0.25) is 0 Å². The molecule has 0 radical (unpaired) electrons. The zero-order valence-corrected chi connectivity index (χ0v) is 13.1. The number of benzene rings is 2. The Morgan fingerprint density at radius 1 is 1.05 bits per heavy atom. The molecule has 1 heterocycles. The fraction of sp³-hybridized carbons (Fsp3) is 0.118. The topological polar surface area (TPSA) is 51.3 Å². The first-order valence-corrected chi connectivity index (χ1v) is 7.55. The number of hydrogen-bond donors (Lipinski definition) is 1. The molecule has 0 aliphatic rings. The number of nitrogens with one attached hydrogen (secondary N) is 1. The summed E-state index contributed by atoms with van der Waals surface area (Å²) in [4.78, 5) is 17.0. The highest BCUT2D eigenvalue weighted by Crippen LogP contribution is 2.37. The van der Waals surface area contributed by atoms with Crippen LogP contribution in [0.15, 0.2) is 58.3 Å². The Kier molecular flexibility index (Phi) is 4.06. The normalized spacial score (nSPS) is 10.6. The van der Waals surface area contributed by atoms with Crippen molar-refractivity contribution in [2.24, 2.45) is 0 Å². The number of carbonyl (C=O) groups is 1. The zero-order valence-electron chi connectivity index (χ0n) is 12.3. The summed E-state index contributed by atoms with van der Waals surface area (Å²) >= 11 is 1.53. The fourth-order valence-electron chi connectivity index (χ4n) is 2.23. The van der Waals surface area contributed by atoms with Crippen LogP contribution < -0.4 is 4.74 Å². The van der Waals surface area contributed by atoms with Crippen molar-refractivity contribution in [2.45, 2.75) is 9.79 Å². The SMILES string of the molecule is COC(=O)c1[nH]c2ccccc2c1Sc1ccc(OC)cc1. The van der Waals surface area contributed by atoms with Gasteiger partial charge in [0.05, 0.1) is 19.1 Å². The highest BCUT2D eigenvalue weighted by atomic mass is 32.2. The summed E-state index contributed by atoms with van der Waals surface area (Å²) in [7, 11) is 3.02. The second-order valence-electron chi connectivity index (χ2n) is 4.64. The van der Waals surface area contributed by atoms with Crippen LogP contribution >= 0.6 is 11.8 Å². The second kappa shape index (κ2) is 6.15. The van der Waals surface area contributed by atoms with Gasteiger partial charge in [-0.25, -0.2) is 4.79 Å². The molecule has 0 amide bonds. The molecule has 3 aromatic rings. The number of para-hydroxylation sites is 1. The minimum Gasteiger partial charge on any atom is -0.497 e. The van der Waals surface area contributed by atoms with Crippen molar-refractivity contribution >= 4 is 28.6 Å². The third-order valence-electron chi connectivity index (χ3n) is 3.33. The first-order chi connectivity index (χ1) is 10.7. The Morgan fingerprint density at radius 2 is 1.77 bits per heavy atom. The molecule has 0 aliphatic heterocycles. The van der Waals surface area contributed by atoms with E-state index in [9.17, 15) is 4.79 Å². The minimum atomic E-state index is -0.368. The molecular weight excluding hydrogens is 298 g/mol. The maximum absolute atomic E-state index is 12.0. The van der Waals surface area contributed by atoms with E-state index >= 15 is 0 Å². The van der Waals surface area contributed by atoms with Crippen LogP contribution in [0.1, 0.15) is 10.5 Å². The largest absolute Gasteiger partial charge is 0.497 e. The van der Waals surface area contributed by atoms with Crippen LogP contribution in [0.25, 0.3) is 10.9 Å². The monoisotopic (exact) mass is 313 g/mol. The Hall–Kier alpha value is -2.40. The number of aromatic amines is 1. The van der Waals surface area contributed by atoms with Crippen molar-refractivity contribution < 1.29 is 14.3 Å². The summed E-state index contributed by atoms with van der Waals surface area (Å²) < 4.78 is 10.0. The van der Waals surface area contributed by atoms with Gasteiger partial charge >= 0.3 is 5.97 Å². The molecule has 0 spiro atoms. The maximum atomic E-state index is 12.0. The predicted octanol–water partition coefficient (Wildman–Crippen LogP) is 4.11. The lowest BCUT2D eigenvalue weighted by Gasteiger charge is -2.05. The number of carbonyl (C=O) groups excluding carboxylic acids is 1. The lowest BCUT2D eigenvalue weighted by Crippen LogP contribution is -2.02. The smallest absolute Gasteiger partial charge is 0.355 e. The van der Waals surface area contributed by atoms with E-state index in [1.165, 1.54) is 18.9 Å². The molecule has 0 aliphatic carbocycles. The van der Waals surface area contributed by atoms with Crippen molar-refractivity contribution in [3.8, 4) is 5.75 Å². The predicted molar refractivity (Wildman–Crippen MR) is 86.8 cm³/mol. The highest BCUT2D eigenvalue weighted by Gasteiger charge is 2.19. The van der Waals surface area contributed by atoms with Crippen LogP contribution in [0.3, 0.4) is 0 Å². The van der Waals surface area contributed by atoms with Crippen LogP contribution in [0.5, 0.6) is 5.75 Å². The van der Waals surface area contributed by atoms with Gasteiger partial charge in [-0.2, -0.15) is 0 Å². The Morgan fingerprint density at radius 3 is 2.45 bits per heavy atom. The van der Waals surface area contributed by atoms with E-state index in [4.69, 9.17) is 9.47 Å². The van der Waals surface area contributed by atoms with Gasteiger partial charge in [-0.3, -0.25) is 0 Å². The van der Waals surface area contributed by atoms with Crippen molar-refractivity contribution in [1.29, 1.82) is 0 Å². The maximum Gasteiger partial charge on any atom is 0.355 e. The van der Waals surface area contributed by atoms with Crippen LogP contribution in [-0.2, 0) is 4.74 Å². The molecule has 0 bridgehead atoms. The number of hydrogen-bond acceptors (Lipinski definition) is 4. The first-order valence-electron chi connectivity index (χ1n) is 6.74. The second-order valence-corrected chi connectivity index (χ2v) is 5.73. The number of methoxy groups -OCH3 is 2. The molecule has 1 aromatic heterocycles. The van der Waals surface area contributed by atoms with E-state index in [0.29, 0.717) is 5.69 Å². The average Bonchev–Trinajstić information content (AvgIpc) is 2.93. The molecule has 4 nitrogen and oxygen atoms in total. The molecule has 3 rings (SSSR count). The number of fused-ring (bicyclic) bond motifs is 1. The van der Waals surface area contributed by atoms with E-state index in [0.717, 1.165) is 26.4 Å². The van der Waals surface area contributed by atoms with Gasteiger partial charge in [0.2, 0.25) is 0 Å². The van der Waals surface area contributed by atoms with Gasteiger partial charge in [0, 0.05) is 15.8 Å². The average molecular weight is 313 g/mol. The Bertz CT molecular complexity index is 808. The summed E-state index contributed by atoms with van der Waals surface area (Å²) in [6.07, 6.45) is 0. The minimum absolute atomic E-state index is 0.368. The van der Waals surface area contributed by atoms with Gasteiger partial charge < -0.3 is 14.5 Å². The van der Waals surface area contributed by atoms with E-state index in [1.54, 1.807) is 7.11 Å². The number of aromatic nitrogens is 1. The van der Waals surface area contributed by atoms with Gasteiger partial charge in [0.25, 0.3) is 0 Å². The summed E-state index contributed by atoms with van der Waals surface area (Å²) in [6.45, 7) is 0. The van der Waals surface area contributed by atoms with E-state index in [1.807, 2.05) is 48.5 Å². The molecule has 0 saturated carbocycles. The van der Waals surface area contributed by atoms with Gasteiger partial charge in [-0.05, 0) is 30.3 Å². The lowest BCUT2D eigenvalue weighted by atomic mass is 10.2. The summed E-state index contributed by atoms with van der Waals surface area (Å²) in [5, 5.41) is 1.00. The third kappa shape index (κ3) is 2.67. The van der Waals surface area contributed by atoms with Crippen molar-refractivity contribution in [2.75, 3.05) is 14.2 Å². The molecule has 1 N–H and O–H groups in total. The standard InChI is InChI=1S/C17H15NO3S/c1-20-11-7-9-12(10-8-11)22-16-13-5-3-4-6-14(13)18-15(16)17(19)21-2/h3-10,18H,1-2H3.